The van der Waals surface area contributed by atoms with E-state index in [1.165, 1.54) is 0 Å². The van der Waals surface area contributed by atoms with Gasteiger partial charge in [-0.3, -0.25) is 14.5 Å². The van der Waals surface area contributed by atoms with Gasteiger partial charge in [0.15, 0.2) is 0 Å². The molecule has 1 aliphatic heterocycles. The van der Waals surface area contributed by atoms with Crippen LogP contribution in [0.2, 0.25) is 0 Å². The van der Waals surface area contributed by atoms with Gasteiger partial charge in [0.2, 0.25) is 11.8 Å². The molecule has 0 aromatic rings. The van der Waals surface area contributed by atoms with Gasteiger partial charge in [-0.15, -0.1) is 0 Å². The standard InChI is InChI=1S/C20H39N3O2/c1-7-9-16(10-8-2)11-18(24)22-15(3)13-21-19(25)17-12-20(4,5)14-23(17)6/h15-17H,7-14H2,1-6H3,(H,21,25)(H,22,24)/t15-,17?/m0/s1. The molecule has 1 saturated heterocycles. The lowest BCUT2D eigenvalue weighted by molar-refractivity contribution is -0.126. The number of amides is 2. The monoisotopic (exact) mass is 353 g/mol. The Hall–Kier alpha value is -1.10. The van der Waals surface area contributed by atoms with Crippen molar-refractivity contribution in [1.82, 2.24) is 15.5 Å². The zero-order valence-corrected chi connectivity index (χ0v) is 17.2. The highest BCUT2D eigenvalue weighted by Gasteiger charge is 2.39. The molecule has 5 heteroatoms. The van der Waals surface area contributed by atoms with Gasteiger partial charge in [-0.25, -0.2) is 0 Å². The summed E-state index contributed by atoms with van der Waals surface area (Å²) in [6.45, 7) is 12.1. The van der Waals surface area contributed by atoms with Crippen LogP contribution in [0.4, 0.5) is 0 Å². The summed E-state index contributed by atoms with van der Waals surface area (Å²) in [5.41, 5.74) is 0.185. The number of hydrogen-bond donors (Lipinski definition) is 2. The van der Waals surface area contributed by atoms with E-state index >= 15 is 0 Å². The zero-order valence-electron chi connectivity index (χ0n) is 17.2. The van der Waals surface area contributed by atoms with E-state index in [1.807, 2.05) is 14.0 Å². The van der Waals surface area contributed by atoms with Crippen LogP contribution in [0.15, 0.2) is 0 Å². The molecule has 0 saturated carbocycles. The van der Waals surface area contributed by atoms with Crippen LogP contribution < -0.4 is 10.6 Å². The Labute approximate surface area is 154 Å². The fourth-order valence-electron chi connectivity index (χ4n) is 4.01. The predicted octanol–water partition coefficient (Wildman–Crippen LogP) is 2.94. The lowest BCUT2D eigenvalue weighted by Gasteiger charge is -2.21. The molecule has 2 amide bonds. The molecule has 1 unspecified atom stereocenters. The Kier molecular flexibility index (Phi) is 8.91. The lowest BCUT2D eigenvalue weighted by atomic mass is 9.90. The van der Waals surface area contributed by atoms with E-state index < -0.39 is 0 Å². The predicted molar refractivity (Wildman–Crippen MR) is 103 cm³/mol. The molecule has 0 spiro atoms. The van der Waals surface area contributed by atoms with Crippen molar-refractivity contribution >= 4 is 11.8 Å². The molecule has 1 fully saturated rings. The van der Waals surface area contributed by atoms with Crippen LogP contribution in [0.3, 0.4) is 0 Å². The van der Waals surface area contributed by atoms with Gasteiger partial charge in [0.25, 0.3) is 0 Å². The number of hydrogen-bond acceptors (Lipinski definition) is 3. The van der Waals surface area contributed by atoms with E-state index in [0.29, 0.717) is 18.9 Å². The van der Waals surface area contributed by atoms with Gasteiger partial charge in [-0.2, -0.15) is 0 Å². The second-order valence-corrected chi connectivity index (χ2v) is 8.66. The molecule has 0 aliphatic carbocycles. The first-order valence-electron chi connectivity index (χ1n) is 9.95. The van der Waals surface area contributed by atoms with Gasteiger partial charge in [0.05, 0.1) is 6.04 Å². The highest BCUT2D eigenvalue weighted by atomic mass is 16.2. The van der Waals surface area contributed by atoms with E-state index in [2.05, 4.69) is 43.2 Å². The third kappa shape index (κ3) is 7.76. The quantitative estimate of drug-likeness (QED) is 0.635. The Morgan fingerprint density at radius 2 is 1.80 bits per heavy atom. The van der Waals surface area contributed by atoms with Crippen molar-refractivity contribution in [3.8, 4) is 0 Å². The van der Waals surface area contributed by atoms with E-state index in [0.717, 1.165) is 38.6 Å². The van der Waals surface area contributed by atoms with Gasteiger partial charge < -0.3 is 10.6 Å². The number of carbonyl (C=O) groups is 2. The van der Waals surface area contributed by atoms with Crippen molar-refractivity contribution in [1.29, 1.82) is 0 Å². The van der Waals surface area contributed by atoms with Crippen molar-refractivity contribution in [2.75, 3.05) is 20.1 Å². The fourth-order valence-corrected chi connectivity index (χ4v) is 4.01. The molecule has 0 aromatic heterocycles. The Morgan fingerprint density at radius 3 is 2.28 bits per heavy atom. The minimum absolute atomic E-state index is 0.0416. The molecule has 1 aliphatic rings. The topological polar surface area (TPSA) is 61.4 Å². The number of nitrogens with zero attached hydrogens (tertiary/aromatic N) is 1. The van der Waals surface area contributed by atoms with Crippen LogP contribution in [0, 0.1) is 11.3 Å². The van der Waals surface area contributed by atoms with Gasteiger partial charge in [0.1, 0.15) is 0 Å². The van der Waals surface area contributed by atoms with Crippen molar-refractivity contribution in [3.05, 3.63) is 0 Å². The van der Waals surface area contributed by atoms with Crippen molar-refractivity contribution in [3.63, 3.8) is 0 Å². The van der Waals surface area contributed by atoms with Gasteiger partial charge >= 0.3 is 0 Å². The van der Waals surface area contributed by atoms with Crippen LogP contribution >= 0.6 is 0 Å². The average molecular weight is 354 g/mol. The maximum atomic E-state index is 12.4. The van der Waals surface area contributed by atoms with E-state index in [-0.39, 0.29) is 29.3 Å². The highest BCUT2D eigenvalue weighted by molar-refractivity contribution is 5.82. The molecular weight excluding hydrogens is 314 g/mol. The Bertz CT molecular complexity index is 431. The first kappa shape index (κ1) is 21.9. The minimum Gasteiger partial charge on any atom is -0.353 e. The summed E-state index contributed by atoms with van der Waals surface area (Å²) >= 11 is 0. The Morgan fingerprint density at radius 1 is 1.20 bits per heavy atom. The fraction of sp³-hybridized carbons (Fsp3) is 0.900. The van der Waals surface area contributed by atoms with E-state index in [1.54, 1.807) is 0 Å². The maximum absolute atomic E-state index is 12.4. The van der Waals surface area contributed by atoms with Crippen LogP contribution in [-0.2, 0) is 9.59 Å². The third-order valence-corrected chi connectivity index (χ3v) is 5.12. The summed E-state index contributed by atoms with van der Waals surface area (Å²) in [5, 5.41) is 6.04. The van der Waals surface area contributed by atoms with Crippen LogP contribution in [0.5, 0.6) is 0 Å². The molecular formula is C20H39N3O2. The van der Waals surface area contributed by atoms with E-state index in [4.69, 9.17) is 0 Å². The Balaban J connectivity index is 2.35. The first-order valence-corrected chi connectivity index (χ1v) is 9.95. The molecule has 0 aromatic carbocycles. The summed E-state index contributed by atoms with van der Waals surface area (Å²) in [6.07, 6.45) is 5.93. The second kappa shape index (κ2) is 10.1. The van der Waals surface area contributed by atoms with Gasteiger partial charge in [0, 0.05) is 25.6 Å². The summed E-state index contributed by atoms with van der Waals surface area (Å²) in [7, 11) is 2.01. The molecule has 5 nitrogen and oxygen atoms in total. The molecule has 2 N–H and O–H groups in total. The van der Waals surface area contributed by atoms with Crippen molar-refractivity contribution in [2.45, 2.75) is 85.2 Å². The normalized spacial score (nSPS) is 21.3. The molecule has 2 atom stereocenters. The van der Waals surface area contributed by atoms with Crippen LogP contribution in [-0.4, -0.2) is 48.9 Å². The summed E-state index contributed by atoms with van der Waals surface area (Å²) in [5.74, 6) is 0.656. The summed E-state index contributed by atoms with van der Waals surface area (Å²) in [6, 6.07) is -0.100. The molecule has 0 radical (unpaired) electrons. The highest BCUT2D eigenvalue weighted by Crippen LogP contribution is 2.32. The van der Waals surface area contributed by atoms with Gasteiger partial charge in [-0.1, -0.05) is 53.4 Å². The van der Waals surface area contributed by atoms with Gasteiger partial charge in [-0.05, 0) is 31.7 Å². The SMILES string of the molecule is CCCC(CCC)CC(=O)N[C@@H](C)CNC(=O)C1CC(C)(C)CN1C. The van der Waals surface area contributed by atoms with E-state index in [9.17, 15) is 9.59 Å². The molecule has 0 bridgehead atoms. The lowest BCUT2D eigenvalue weighted by Crippen LogP contribution is -2.47. The minimum atomic E-state index is -0.0589. The molecule has 1 heterocycles. The number of nitrogens with one attached hydrogen (secondary N) is 2. The average Bonchev–Trinajstić information content (AvgIpc) is 2.78. The molecule has 25 heavy (non-hydrogen) atoms. The first-order chi connectivity index (χ1) is 11.7. The third-order valence-electron chi connectivity index (χ3n) is 5.12. The summed E-state index contributed by atoms with van der Waals surface area (Å²) < 4.78 is 0. The largest absolute Gasteiger partial charge is 0.353 e. The number of rotatable bonds is 10. The van der Waals surface area contributed by atoms with Crippen LogP contribution in [0.25, 0.3) is 0 Å². The number of carbonyl (C=O) groups excluding carboxylic acids is 2. The smallest absolute Gasteiger partial charge is 0.237 e. The molecule has 1 rings (SSSR count). The number of likely N-dealkylation sites (N-methyl/N-ethyl adjacent to an activating group) is 1. The summed E-state index contributed by atoms with van der Waals surface area (Å²) in [4.78, 5) is 26.8. The van der Waals surface area contributed by atoms with Crippen molar-refractivity contribution < 1.29 is 9.59 Å². The molecule has 146 valence electrons. The second-order valence-electron chi connectivity index (χ2n) is 8.66. The van der Waals surface area contributed by atoms with Crippen LogP contribution in [0.1, 0.15) is 73.1 Å². The van der Waals surface area contributed by atoms with Crippen molar-refractivity contribution in [2.24, 2.45) is 11.3 Å². The maximum Gasteiger partial charge on any atom is 0.237 e. The number of likely N-dealkylation sites (tertiary alicyclic amines) is 1. The zero-order chi connectivity index (χ0) is 19.0.